The first-order valence-electron chi connectivity index (χ1n) is 3.88. The molecule has 1 aromatic carbocycles. The van der Waals surface area contributed by atoms with Gasteiger partial charge in [0.05, 0.1) is 6.61 Å². The molecule has 2 rings (SSSR count). The number of rotatable bonds is 1. The molecule has 0 N–H and O–H groups in total. The fraction of sp³-hybridized carbons (Fsp3) is 0.222. The highest BCUT2D eigenvalue weighted by molar-refractivity contribution is 7.34. The number of carbonyl (C=O) groups is 1. The molecule has 3 nitrogen and oxygen atoms in total. The summed E-state index contributed by atoms with van der Waals surface area (Å²) >= 11 is 0. The Morgan fingerprint density at radius 2 is 2.15 bits per heavy atom. The molecule has 0 aromatic heterocycles. The number of hydrogen-bond donors (Lipinski definition) is 0. The van der Waals surface area contributed by atoms with E-state index >= 15 is 0 Å². The predicted octanol–water partition coefficient (Wildman–Crippen LogP) is 1.32. The van der Waals surface area contributed by atoms with E-state index in [9.17, 15) is 9.36 Å². The van der Waals surface area contributed by atoms with Crippen LogP contribution in [0.3, 0.4) is 0 Å². The van der Waals surface area contributed by atoms with Gasteiger partial charge in [0.15, 0.2) is 14.2 Å². The van der Waals surface area contributed by atoms with Gasteiger partial charge in [0.2, 0.25) is 0 Å². The number of ketones is 1. The quantitative estimate of drug-likeness (QED) is 0.633. The minimum absolute atomic E-state index is 0.00429. The lowest BCUT2D eigenvalue weighted by Gasteiger charge is -2.14. The Balaban J connectivity index is 2.51. The molecule has 0 amide bonds. The monoisotopic (exact) mass is 194 g/mol. The third kappa shape index (κ3) is 1.53. The van der Waals surface area contributed by atoms with Crippen molar-refractivity contribution in [2.45, 2.75) is 6.61 Å². The van der Waals surface area contributed by atoms with Crippen LogP contribution in [0.4, 0.5) is 0 Å². The highest BCUT2D eigenvalue weighted by atomic mass is 31.1. The van der Waals surface area contributed by atoms with Crippen molar-refractivity contribution in [3.8, 4) is 0 Å². The Hall–Kier alpha value is -1.05. The molecule has 0 spiro atoms. The highest BCUT2D eigenvalue weighted by Gasteiger charge is 2.17. The van der Waals surface area contributed by atoms with Crippen LogP contribution in [0.2, 0.25) is 0 Å². The molecule has 0 bridgehead atoms. The van der Waals surface area contributed by atoms with Gasteiger partial charge in [-0.05, 0) is 23.8 Å². The lowest BCUT2D eigenvalue weighted by Crippen LogP contribution is -2.19. The van der Waals surface area contributed by atoms with E-state index in [0.29, 0.717) is 17.5 Å². The zero-order valence-electron chi connectivity index (χ0n) is 6.82. The molecule has 1 aliphatic heterocycles. The number of fused-ring (bicyclic) bond motifs is 1. The van der Waals surface area contributed by atoms with Gasteiger partial charge in [-0.2, -0.15) is 0 Å². The molecule has 0 atom stereocenters. The molecule has 0 aliphatic carbocycles. The first-order valence-corrected chi connectivity index (χ1v) is 4.70. The van der Waals surface area contributed by atoms with Crippen LogP contribution >= 0.6 is 8.46 Å². The average molecular weight is 194 g/mol. The van der Waals surface area contributed by atoms with Gasteiger partial charge in [-0.25, -0.2) is 0 Å². The maximum atomic E-state index is 11.3. The average Bonchev–Trinajstić information content (AvgIpc) is 2.18. The minimum Gasteiger partial charge on any atom is -0.369 e. The standard InChI is InChI=1S/C9H7O3P/c10-9-5-12-4-6-3-7(13-11)1-2-8(6)9/h1-3H,4-5H2. The Morgan fingerprint density at radius 3 is 2.92 bits per heavy atom. The smallest absolute Gasteiger partial charge is 0.192 e. The largest absolute Gasteiger partial charge is 0.369 e. The van der Waals surface area contributed by atoms with Crippen molar-refractivity contribution in [2.24, 2.45) is 0 Å². The molecule has 13 heavy (non-hydrogen) atoms. The normalized spacial score (nSPS) is 15.8. The predicted molar refractivity (Wildman–Crippen MR) is 47.7 cm³/mol. The van der Waals surface area contributed by atoms with Crippen LogP contribution in [0.1, 0.15) is 15.9 Å². The SMILES string of the molecule is O=Pc1ccc2c(c1)COCC2=O. The summed E-state index contributed by atoms with van der Waals surface area (Å²) < 4.78 is 15.6. The van der Waals surface area contributed by atoms with Gasteiger partial charge < -0.3 is 4.74 Å². The van der Waals surface area contributed by atoms with Crippen LogP contribution in [-0.2, 0) is 15.9 Å². The van der Waals surface area contributed by atoms with E-state index in [0.717, 1.165) is 5.56 Å². The van der Waals surface area contributed by atoms with Crippen molar-refractivity contribution in [2.75, 3.05) is 6.61 Å². The van der Waals surface area contributed by atoms with Crippen molar-refractivity contribution in [3.05, 3.63) is 29.3 Å². The van der Waals surface area contributed by atoms with Crippen LogP contribution in [-0.4, -0.2) is 12.4 Å². The van der Waals surface area contributed by atoms with Crippen molar-refractivity contribution in [1.29, 1.82) is 0 Å². The third-order valence-electron chi connectivity index (χ3n) is 1.99. The second-order valence-electron chi connectivity index (χ2n) is 2.85. The molecule has 4 heteroatoms. The second-order valence-corrected chi connectivity index (χ2v) is 3.55. The zero-order chi connectivity index (χ0) is 9.26. The van der Waals surface area contributed by atoms with E-state index in [4.69, 9.17) is 4.74 Å². The van der Waals surface area contributed by atoms with E-state index in [1.54, 1.807) is 18.2 Å². The van der Waals surface area contributed by atoms with Crippen molar-refractivity contribution >= 4 is 19.5 Å². The summed E-state index contributed by atoms with van der Waals surface area (Å²) in [5.74, 6) is -0.00429. The van der Waals surface area contributed by atoms with Crippen LogP contribution in [0, 0.1) is 0 Å². The number of carbonyl (C=O) groups excluding carboxylic acids is 1. The summed E-state index contributed by atoms with van der Waals surface area (Å²) in [7, 11) is -0.0237. The molecule has 66 valence electrons. The third-order valence-corrected chi connectivity index (χ3v) is 2.47. The zero-order valence-corrected chi connectivity index (χ0v) is 7.71. The Labute approximate surface area is 76.9 Å². The highest BCUT2D eigenvalue weighted by Crippen LogP contribution is 2.16. The van der Waals surface area contributed by atoms with E-state index in [1.807, 2.05) is 0 Å². The van der Waals surface area contributed by atoms with Crippen molar-refractivity contribution in [1.82, 2.24) is 0 Å². The molecule has 0 unspecified atom stereocenters. The van der Waals surface area contributed by atoms with Gasteiger partial charge in [0.1, 0.15) is 6.61 Å². The van der Waals surface area contributed by atoms with E-state index in [1.165, 1.54) is 0 Å². The molecule has 0 radical (unpaired) electrons. The Morgan fingerprint density at radius 1 is 1.31 bits per heavy atom. The fourth-order valence-corrected chi connectivity index (χ4v) is 1.70. The van der Waals surface area contributed by atoms with Crippen molar-refractivity contribution < 1.29 is 14.1 Å². The fourth-order valence-electron chi connectivity index (χ4n) is 1.36. The Kier molecular flexibility index (Phi) is 2.21. The number of ether oxygens (including phenoxy) is 1. The summed E-state index contributed by atoms with van der Waals surface area (Å²) in [6, 6.07) is 5.14. The summed E-state index contributed by atoms with van der Waals surface area (Å²) in [6.07, 6.45) is 0. The van der Waals surface area contributed by atoms with Gasteiger partial charge in [0, 0.05) is 10.9 Å². The summed E-state index contributed by atoms with van der Waals surface area (Å²) in [5.41, 5.74) is 1.52. The molecule has 0 fully saturated rings. The maximum Gasteiger partial charge on any atom is 0.192 e. The second kappa shape index (κ2) is 3.36. The van der Waals surface area contributed by atoms with Crippen LogP contribution in [0.25, 0.3) is 0 Å². The van der Waals surface area contributed by atoms with Gasteiger partial charge >= 0.3 is 0 Å². The molecule has 0 saturated heterocycles. The van der Waals surface area contributed by atoms with Gasteiger partial charge in [-0.1, -0.05) is 0 Å². The van der Waals surface area contributed by atoms with Gasteiger partial charge in [-0.3, -0.25) is 9.36 Å². The molecule has 1 heterocycles. The van der Waals surface area contributed by atoms with E-state index in [2.05, 4.69) is 0 Å². The molecular formula is C9H7O3P. The first-order chi connectivity index (χ1) is 6.31. The lowest BCUT2D eigenvalue weighted by molar-refractivity contribution is 0.0666. The first kappa shape index (κ1) is 8.54. The summed E-state index contributed by atoms with van der Waals surface area (Å²) in [5, 5.41) is 0.678. The Bertz CT molecular complexity index is 373. The van der Waals surface area contributed by atoms with Crippen LogP contribution in [0.5, 0.6) is 0 Å². The molecule has 0 saturated carbocycles. The number of Topliss-reactive ketones (excluding diaryl/α,β-unsaturated/α-hetero) is 1. The van der Waals surface area contributed by atoms with E-state index < -0.39 is 0 Å². The van der Waals surface area contributed by atoms with Gasteiger partial charge in [0.25, 0.3) is 0 Å². The number of hydrogen-bond acceptors (Lipinski definition) is 3. The molecule has 1 aromatic rings. The molecular weight excluding hydrogens is 187 g/mol. The summed E-state index contributed by atoms with van der Waals surface area (Å²) in [6.45, 7) is 0.589. The van der Waals surface area contributed by atoms with E-state index in [-0.39, 0.29) is 20.9 Å². The van der Waals surface area contributed by atoms with Crippen molar-refractivity contribution in [3.63, 3.8) is 0 Å². The van der Waals surface area contributed by atoms with Gasteiger partial charge in [-0.15, -0.1) is 0 Å². The maximum absolute atomic E-state index is 11.3. The summed E-state index contributed by atoms with van der Waals surface area (Å²) in [4.78, 5) is 11.3. The topological polar surface area (TPSA) is 43.4 Å². The van der Waals surface area contributed by atoms with Crippen LogP contribution < -0.4 is 5.30 Å². The lowest BCUT2D eigenvalue weighted by atomic mass is 10.0. The van der Waals surface area contributed by atoms with Crippen LogP contribution in [0.15, 0.2) is 18.2 Å². The minimum atomic E-state index is -0.0237. The molecule has 1 aliphatic rings. The number of benzene rings is 1.